The Bertz CT molecular complexity index is 488. The van der Waals surface area contributed by atoms with E-state index in [4.69, 9.17) is 0 Å². The van der Waals surface area contributed by atoms with Gasteiger partial charge in [0.05, 0.1) is 11.6 Å². The zero-order valence-electron chi connectivity index (χ0n) is 13.2. The summed E-state index contributed by atoms with van der Waals surface area (Å²) in [5.74, 6) is 1.75. The fraction of sp³-hybridized carbons (Fsp3) is 0.684. The van der Waals surface area contributed by atoms with Crippen LogP contribution in [0.2, 0.25) is 0 Å². The molecule has 2 heteroatoms. The van der Waals surface area contributed by atoms with Crippen molar-refractivity contribution in [1.82, 2.24) is 4.98 Å². The minimum Gasteiger partial charge on any atom is -0.299 e. The standard InChI is InChI=1S/C19H27NO/c1-2-5-14-9-11-16(12-10-14)19(21)17-8-3-6-15-7-4-13-20-18(15)17/h4,7,13-14,16-17H,2-3,5-6,8-12H2,1H3. The second-order valence-electron chi connectivity index (χ2n) is 6.90. The van der Waals surface area contributed by atoms with E-state index < -0.39 is 0 Å². The second-order valence-corrected chi connectivity index (χ2v) is 6.90. The Balaban J connectivity index is 1.67. The number of hydrogen-bond donors (Lipinski definition) is 0. The number of ketones is 1. The molecule has 1 aromatic rings. The van der Waals surface area contributed by atoms with Gasteiger partial charge in [-0.15, -0.1) is 0 Å². The fourth-order valence-electron chi connectivity index (χ4n) is 4.31. The quantitative estimate of drug-likeness (QED) is 0.804. The molecule has 21 heavy (non-hydrogen) atoms. The summed E-state index contributed by atoms with van der Waals surface area (Å²) >= 11 is 0. The van der Waals surface area contributed by atoms with Crippen LogP contribution in [-0.2, 0) is 11.2 Å². The summed E-state index contributed by atoms with van der Waals surface area (Å²) in [6.07, 6.45) is 12.5. The molecule has 0 bridgehead atoms. The third-order valence-corrected chi connectivity index (χ3v) is 5.48. The van der Waals surface area contributed by atoms with Crippen LogP contribution in [0.5, 0.6) is 0 Å². The lowest BCUT2D eigenvalue weighted by Gasteiger charge is -2.31. The maximum atomic E-state index is 12.9. The van der Waals surface area contributed by atoms with E-state index in [1.165, 1.54) is 31.2 Å². The first-order valence-electron chi connectivity index (χ1n) is 8.77. The molecule has 0 aromatic carbocycles. The molecule has 1 saturated carbocycles. The summed E-state index contributed by atoms with van der Waals surface area (Å²) in [6.45, 7) is 2.27. The van der Waals surface area contributed by atoms with Gasteiger partial charge in [0.2, 0.25) is 0 Å². The monoisotopic (exact) mass is 285 g/mol. The molecule has 2 aliphatic rings. The first-order valence-corrected chi connectivity index (χ1v) is 8.77. The summed E-state index contributed by atoms with van der Waals surface area (Å²) in [7, 11) is 0. The number of carbonyl (C=O) groups excluding carboxylic acids is 1. The highest BCUT2D eigenvalue weighted by atomic mass is 16.1. The molecule has 0 aliphatic heterocycles. The lowest BCUT2D eigenvalue weighted by atomic mass is 9.73. The highest BCUT2D eigenvalue weighted by Gasteiger charge is 2.34. The van der Waals surface area contributed by atoms with Gasteiger partial charge in [-0.25, -0.2) is 0 Å². The van der Waals surface area contributed by atoms with Gasteiger partial charge in [0, 0.05) is 12.1 Å². The molecule has 2 nitrogen and oxygen atoms in total. The van der Waals surface area contributed by atoms with E-state index >= 15 is 0 Å². The van der Waals surface area contributed by atoms with Crippen LogP contribution in [-0.4, -0.2) is 10.8 Å². The first kappa shape index (κ1) is 14.7. The van der Waals surface area contributed by atoms with Crippen LogP contribution in [0.4, 0.5) is 0 Å². The Morgan fingerprint density at radius 1 is 1.24 bits per heavy atom. The number of carbonyl (C=O) groups is 1. The van der Waals surface area contributed by atoms with Gasteiger partial charge < -0.3 is 0 Å². The third kappa shape index (κ3) is 3.20. The van der Waals surface area contributed by atoms with Crippen molar-refractivity contribution in [3.8, 4) is 0 Å². The summed E-state index contributed by atoms with van der Waals surface area (Å²) in [5, 5.41) is 0. The van der Waals surface area contributed by atoms with E-state index in [0.29, 0.717) is 11.7 Å². The molecule has 114 valence electrons. The molecule has 0 radical (unpaired) electrons. The predicted molar refractivity (Wildman–Crippen MR) is 85.3 cm³/mol. The van der Waals surface area contributed by atoms with Gasteiger partial charge in [0.25, 0.3) is 0 Å². The lowest BCUT2D eigenvalue weighted by molar-refractivity contribution is -0.126. The van der Waals surface area contributed by atoms with E-state index in [2.05, 4.69) is 18.0 Å². The van der Waals surface area contributed by atoms with E-state index in [1.807, 2.05) is 12.3 Å². The van der Waals surface area contributed by atoms with Crippen molar-refractivity contribution >= 4 is 5.78 Å². The molecule has 1 aromatic heterocycles. The van der Waals surface area contributed by atoms with Crippen molar-refractivity contribution in [2.45, 2.75) is 70.6 Å². The predicted octanol–water partition coefficient (Wildman–Crippen LogP) is 4.68. The zero-order chi connectivity index (χ0) is 14.7. The lowest BCUT2D eigenvalue weighted by Crippen LogP contribution is -2.29. The molecular weight excluding hydrogens is 258 g/mol. The second kappa shape index (κ2) is 6.72. The number of hydrogen-bond acceptors (Lipinski definition) is 2. The minimum absolute atomic E-state index is 0.0858. The van der Waals surface area contributed by atoms with E-state index in [9.17, 15) is 4.79 Å². The molecule has 1 fully saturated rings. The van der Waals surface area contributed by atoms with Crippen LogP contribution in [0, 0.1) is 11.8 Å². The van der Waals surface area contributed by atoms with Crippen LogP contribution in [0.1, 0.15) is 75.5 Å². The fourth-order valence-corrected chi connectivity index (χ4v) is 4.31. The van der Waals surface area contributed by atoms with Crippen molar-refractivity contribution in [3.63, 3.8) is 0 Å². The number of Topliss-reactive ketones (excluding diaryl/α,β-unsaturated/α-hetero) is 1. The van der Waals surface area contributed by atoms with Crippen LogP contribution in [0.15, 0.2) is 18.3 Å². The van der Waals surface area contributed by atoms with Crippen LogP contribution >= 0.6 is 0 Å². The van der Waals surface area contributed by atoms with Gasteiger partial charge in [-0.3, -0.25) is 9.78 Å². The van der Waals surface area contributed by atoms with Crippen LogP contribution in [0.3, 0.4) is 0 Å². The average molecular weight is 285 g/mol. The van der Waals surface area contributed by atoms with Gasteiger partial charge in [-0.2, -0.15) is 0 Å². The van der Waals surface area contributed by atoms with Crippen molar-refractivity contribution in [2.75, 3.05) is 0 Å². The Hall–Kier alpha value is -1.18. The maximum Gasteiger partial charge on any atom is 0.144 e. The van der Waals surface area contributed by atoms with E-state index in [-0.39, 0.29) is 5.92 Å². The molecule has 0 spiro atoms. The number of nitrogens with zero attached hydrogens (tertiary/aromatic N) is 1. The third-order valence-electron chi connectivity index (χ3n) is 5.48. The van der Waals surface area contributed by atoms with Crippen molar-refractivity contribution < 1.29 is 4.79 Å². The summed E-state index contributed by atoms with van der Waals surface area (Å²) in [6, 6.07) is 4.15. The van der Waals surface area contributed by atoms with Gasteiger partial charge in [0.1, 0.15) is 5.78 Å². The van der Waals surface area contributed by atoms with E-state index in [0.717, 1.165) is 43.7 Å². The molecule has 1 unspecified atom stereocenters. The number of fused-ring (bicyclic) bond motifs is 1. The molecule has 1 heterocycles. The summed E-state index contributed by atoms with van der Waals surface area (Å²) in [4.78, 5) is 17.5. The Morgan fingerprint density at radius 2 is 2.05 bits per heavy atom. The van der Waals surface area contributed by atoms with Gasteiger partial charge >= 0.3 is 0 Å². The number of rotatable bonds is 4. The van der Waals surface area contributed by atoms with Crippen molar-refractivity contribution in [2.24, 2.45) is 11.8 Å². The number of aromatic nitrogens is 1. The topological polar surface area (TPSA) is 30.0 Å². The molecule has 0 saturated heterocycles. The van der Waals surface area contributed by atoms with Crippen molar-refractivity contribution in [3.05, 3.63) is 29.6 Å². The molecule has 0 amide bonds. The highest BCUT2D eigenvalue weighted by Crippen LogP contribution is 2.38. The Kier molecular flexibility index (Phi) is 4.72. The van der Waals surface area contributed by atoms with E-state index in [1.54, 1.807) is 0 Å². The molecule has 0 N–H and O–H groups in total. The Labute approximate surface area is 128 Å². The average Bonchev–Trinajstić information content (AvgIpc) is 2.55. The summed E-state index contributed by atoms with van der Waals surface area (Å²) < 4.78 is 0. The molecule has 1 atom stereocenters. The van der Waals surface area contributed by atoms with Gasteiger partial charge in [-0.1, -0.05) is 25.8 Å². The largest absolute Gasteiger partial charge is 0.299 e. The normalized spacial score (nSPS) is 28.9. The molecular formula is C19H27NO. The Morgan fingerprint density at radius 3 is 2.81 bits per heavy atom. The van der Waals surface area contributed by atoms with Gasteiger partial charge in [-0.05, 0) is 62.5 Å². The molecule has 2 aliphatic carbocycles. The molecule has 3 rings (SSSR count). The number of pyridine rings is 1. The zero-order valence-corrected chi connectivity index (χ0v) is 13.2. The highest BCUT2D eigenvalue weighted by molar-refractivity contribution is 5.88. The number of aryl methyl sites for hydroxylation is 1. The SMILES string of the molecule is CCCC1CCC(C(=O)C2CCCc3cccnc32)CC1. The van der Waals surface area contributed by atoms with Gasteiger partial charge in [0.15, 0.2) is 0 Å². The summed E-state index contributed by atoms with van der Waals surface area (Å²) in [5.41, 5.74) is 2.39. The van der Waals surface area contributed by atoms with Crippen LogP contribution in [0.25, 0.3) is 0 Å². The van der Waals surface area contributed by atoms with Crippen LogP contribution < -0.4 is 0 Å². The first-order chi connectivity index (χ1) is 10.3. The maximum absolute atomic E-state index is 12.9. The van der Waals surface area contributed by atoms with Crippen molar-refractivity contribution in [1.29, 1.82) is 0 Å². The smallest absolute Gasteiger partial charge is 0.144 e. The minimum atomic E-state index is 0.0858.